The highest BCUT2D eigenvalue weighted by molar-refractivity contribution is 5.88. The van der Waals surface area contributed by atoms with E-state index < -0.39 is 6.61 Å². The van der Waals surface area contributed by atoms with Gasteiger partial charge in [0.2, 0.25) is 0 Å². The van der Waals surface area contributed by atoms with Crippen molar-refractivity contribution in [1.82, 2.24) is 9.88 Å². The summed E-state index contributed by atoms with van der Waals surface area (Å²) in [5.74, 6) is 0.225. The Labute approximate surface area is 133 Å². The maximum absolute atomic E-state index is 12.3. The number of alkyl halides is 2. The Morgan fingerprint density at radius 2 is 2.22 bits per heavy atom. The smallest absolute Gasteiger partial charge is 0.387 e. The summed E-state index contributed by atoms with van der Waals surface area (Å²) < 4.78 is 33.8. The van der Waals surface area contributed by atoms with Crippen LogP contribution in [0.15, 0.2) is 18.3 Å². The summed E-state index contributed by atoms with van der Waals surface area (Å²) in [6, 6.07) is 2.47. The van der Waals surface area contributed by atoms with Crippen molar-refractivity contribution in [3.05, 3.63) is 18.3 Å². The summed E-state index contributed by atoms with van der Waals surface area (Å²) in [6.07, 6.45) is 2.00. The van der Waals surface area contributed by atoms with Crippen molar-refractivity contribution < 1.29 is 23.0 Å². The van der Waals surface area contributed by atoms with Crippen molar-refractivity contribution >= 4 is 11.8 Å². The molecule has 1 atom stereocenters. The number of piperidine rings is 1. The van der Waals surface area contributed by atoms with Gasteiger partial charge < -0.3 is 14.4 Å². The minimum absolute atomic E-state index is 0.0555. The molecule has 0 saturated carbocycles. The quantitative estimate of drug-likeness (QED) is 0.922. The Balaban J connectivity index is 1.94. The molecule has 0 spiro atoms. The molecule has 6 nitrogen and oxygen atoms in total. The summed E-state index contributed by atoms with van der Waals surface area (Å²) in [4.78, 5) is 17.9. The van der Waals surface area contributed by atoms with Gasteiger partial charge in [0.05, 0.1) is 12.3 Å². The van der Waals surface area contributed by atoms with Crippen LogP contribution in [0, 0.1) is 5.41 Å². The Hall–Kier alpha value is -1.96. The number of carbonyl (C=O) groups is 1. The number of urea groups is 1. The predicted molar refractivity (Wildman–Crippen MR) is 80.7 cm³/mol. The van der Waals surface area contributed by atoms with E-state index in [4.69, 9.17) is 4.74 Å². The number of halogens is 2. The maximum Gasteiger partial charge on any atom is 0.387 e. The molecule has 1 N–H and O–H groups in total. The van der Waals surface area contributed by atoms with Crippen LogP contribution in [-0.2, 0) is 4.74 Å². The number of carbonyl (C=O) groups excluding carboxylic acids is 1. The number of nitrogens with zero attached hydrogens (tertiary/aromatic N) is 2. The highest BCUT2D eigenvalue weighted by atomic mass is 19.3. The van der Waals surface area contributed by atoms with E-state index in [9.17, 15) is 13.6 Å². The van der Waals surface area contributed by atoms with Gasteiger partial charge in [0.15, 0.2) is 0 Å². The summed E-state index contributed by atoms with van der Waals surface area (Å²) in [6.45, 7) is 2.34. The number of aromatic nitrogens is 1. The molecule has 2 heterocycles. The van der Waals surface area contributed by atoms with E-state index in [1.54, 1.807) is 12.0 Å². The zero-order valence-electron chi connectivity index (χ0n) is 13.4. The van der Waals surface area contributed by atoms with Gasteiger partial charge in [-0.25, -0.2) is 9.78 Å². The summed E-state index contributed by atoms with van der Waals surface area (Å²) >= 11 is 0. The standard InChI is InChI=1S/C15H21F2N3O3/c1-15(2)9-20(7-6-11(15)22-3)14(21)19-12-5-4-10(8-18-12)23-13(16)17/h4-5,8,11,13H,6-7,9H2,1-3H3,(H,18,19,21)/t11-/m1/s1. The van der Waals surface area contributed by atoms with Crippen molar-refractivity contribution in [2.45, 2.75) is 33.0 Å². The molecule has 1 aliphatic rings. The van der Waals surface area contributed by atoms with Gasteiger partial charge >= 0.3 is 12.6 Å². The van der Waals surface area contributed by atoms with Crippen LogP contribution < -0.4 is 10.1 Å². The molecule has 1 aromatic heterocycles. The number of hydrogen-bond donors (Lipinski definition) is 1. The van der Waals surface area contributed by atoms with Gasteiger partial charge in [0.1, 0.15) is 11.6 Å². The molecule has 1 aromatic rings. The third kappa shape index (κ3) is 4.51. The lowest BCUT2D eigenvalue weighted by molar-refractivity contribution is -0.0500. The molecule has 128 valence electrons. The van der Waals surface area contributed by atoms with Crippen LogP contribution in [-0.4, -0.2) is 48.8 Å². The molecule has 2 rings (SSSR count). The number of ether oxygens (including phenoxy) is 2. The molecule has 1 aliphatic heterocycles. The van der Waals surface area contributed by atoms with Crippen LogP contribution in [0.1, 0.15) is 20.3 Å². The van der Waals surface area contributed by atoms with E-state index in [-0.39, 0.29) is 29.1 Å². The lowest BCUT2D eigenvalue weighted by Crippen LogP contribution is -2.52. The number of hydrogen-bond acceptors (Lipinski definition) is 4. The molecule has 1 fully saturated rings. The van der Waals surface area contributed by atoms with Gasteiger partial charge in [0.25, 0.3) is 0 Å². The summed E-state index contributed by atoms with van der Waals surface area (Å²) in [5, 5.41) is 2.65. The van der Waals surface area contributed by atoms with Crippen LogP contribution in [0.2, 0.25) is 0 Å². The molecule has 0 radical (unpaired) electrons. The van der Waals surface area contributed by atoms with Crippen molar-refractivity contribution in [2.24, 2.45) is 5.41 Å². The molecule has 8 heteroatoms. The van der Waals surface area contributed by atoms with Gasteiger partial charge in [-0.05, 0) is 18.6 Å². The summed E-state index contributed by atoms with van der Waals surface area (Å²) in [5.41, 5.74) is -0.146. The van der Waals surface area contributed by atoms with Crippen molar-refractivity contribution in [3.8, 4) is 5.75 Å². The number of likely N-dealkylation sites (tertiary alicyclic amines) is 1. The van der Waals surface area contributed by atoms with Crippen molar-refractivity contribution in [2.75, 3.05) is 25.5 Å². The van der Waals surface area contributed by atoms with E-state index >= 15 is 0 Å². The predicted octanol–water partition coefficient (Wildman–Crippen LogP) is 2.96. The van der Waals surface area contributed by atoms with Gasteiger partial charge in [-0.15, -0.1) is 0 Å². The first-order chi connectivity index (χ1) is 10.8. The van der Waals surface area contributed by atoms with Crippen LogP contribution in [0.5, 0.6) is 5.75 Å². The highest BCUT2D eigenvalue weighted by Crippen LogP contribution is 2.31. The topological polar surface area (TPSA) is 63.7 Å². The van der Waals surface area contributed by atoms with Crippen LogP contribution in [0.3, 0.4) is 0 Å². The van der Waals surface area contributed by atoms with Gasteiger partial charge in [0, 0.05) is 25.6 Å². The number of nitrogens with one attached hydrogen (secondary N) is 1. The molecule has 0 bridgehead atoms. The lowest BCUT2D eigenvalue weighted by atomic mass is 9.81. The molecule has 2 amide bonds. The molecule has 0 aromatic carbocycles. The lowest BCUT2D eigenvalue weighted by Gasteiger charge is -2.43. The maximum atomic E-state index is 12.3. The van der Waals surface area contributed by atoms with Crippen LogP contribution >= 0.6 is 0 Å². The van der Waals surface area contributed by atoms with Crippen LogP contribution in [0.25, 0.3) is 0 Å². The second-order valence-corrected chi connectivity index (χ2v) is 6.11. The van der Waals surface area contributed by atoms with Gasteiger partial charge in [-0.3, -0.25) is 5.32 Å². The minimum atomic E-state index is -2.90. The third-order valence-electron chi connectivity index (χ3n) is 3.90. The van der Waals surface area contributed by atoms with E-state index in [1.165, 1.54) is 12.1 Å². The highest BCUT2D eigenvalue weighted by Gasteiger charge is 2.37. The van der Waals surface area contributed by atoms with Crippen molar-refractivity contribution in [3.63, 3.8) is 0 Å². The first kappa shape index (κ1) is 17.4. The second kappa shape index (κ2) is 7.08. The number of anilines is 1. The number of rotatable bonds is 4. The third-order valence-corrected chi connectivity index (χ3v) is 3.90. The van der Waals surface area contributed by atoms with Crippen molar-refractivity contribution in [1.29, 1.82) is 0 Å². The van der Waals surface area contributed by atoms with E-state index in [0.29, 0.717) is 13.1 Å². The minimum Gasteiger partial charge on any atom is -0.433 e. The summed E-state index contributed by atoms with van der Waals surface area (Å²) in [7, 11) is 1.68. The van der Waals surface area contributed by atoms with E-state index in [2.05, 4.69) is 28.9 Å². The fourth-order valence-electron chi connectivity index (χ4n) is 2.76. The first-order valence-corrected chi connectivity index (χ1v) is 7.31. The molecule has 23 heavy (non-hydrogen) atoms. The number of pyridine rings is 1. The Morgan fingerprint density at radius 3 is 2.74 bits per heavy atom. The fourth-order valence-corrected chi connectivity index (χ4v) is 2.76. The largest absolute Gasteiger partial charge is 0.433 e. The Kier molecular flexibility index (Phi) is 5.35. The SMILES string of the molecule is CO[C@@H]1CCN(C(=O)Nc2ccc(OC(F)F)cn2)CC1(C)C. The first-order valence-electron chi connectivity index (χ1n) is 7.31. The van der Waals surface area contributed by atoms with E-state index in [0.717, 1.165) is 12.6 Å². The van der Waals surface area contributed by atoms with Gasteiger partial charge in [-0.1, -0.05) is 13.8 Å². The second-order valence-electron chi connectivity index (χ2n) is 6.11. The molecule has 0 aliphatic carbocycles. The fraction of sp³-hybridized carbons (Fsp3) is 0.600. The molecule has 1 saturated heterocycles. The number of amides is 2. The Morgan fingerprint density at radius 1 is 1.48 bits per heavy atom. The number of methoxy groups -OCH3 is 1. The average Bonchev–Trinajstić information content (AvgIpc) is 2.47. The molecular weight excluding hydrogens is 308 g/mol. The average molecular weight is 329 g/mol. The normalized spacial score (nSPS) is 20.4. The Bertz CT molecular complexity index is 537. The van der Waals surface area contributed by atoms with Crippen LogP contribution in [0.4, 0.5) is 19.4 Å². The van der Waals surface area contributed by atoms with Gasteiger partial charge in [-0.2, -0.15) is 8.78 Å². The van der Waals surface area contributed by atoms with E-state index in [1.807, 2.05) is 0 Å². The monoisotopic (exact) mass is 329 g/mol. The molecular formula is C15H21F2N3O3. The zero-order valence-corrected chi connectivity index (χ0v) is 13.4. The molecule has 0 unspecified atom stereocenters. The zero-order chi connectivity index (χ0) is 17.0.